The third kappa shape index (κ3) is 1.18. The van der Waals surface area contributed by atoms with E-state index in [1.165, 1.54) is 17.5 Å². The molecule has 0 bridgehead atoms. The van der Waals surface area contributed by atoms with Gasteiger partial charge in [0.1, 0.15) is 0 Å². The molecule has 3 heteroatoms. The van der Waals surface area contributed by atoms with Gasteiger partial charge in [0.25, 0.3) is 5.56 Å². The summed E-state index contributed by atoms with van der Waals surface area (Å²) in [5.41, 5.74) is 4.46. The fourth-order valence-electron chi connectivity index (χ4n) is 6.94. The summed E-state index contributed by atoms with van der Waals surface area (Å²) in [5, 5.41) is 2.32. The van der Waals surface area contributed by atoms with Crippen LogP contribution < -0.4 is 5.56 Å². The van der Waals surface area contributed by atoms with Crippen LogP contribution in [0.5, 0.6) is 0 Å². The van der Waals surface area contributed by atoms with Crippen molar-refractivity contribution in [3.8, 4) is 5.69 Å². The highest BCUT2D eigenvalue weighted by molar-refractivity contribution is 5.90. The molecule has 3 aliphatic rings. The van der Waals surface area contributed by atoms with Crippen LogP contribution in [-0.2, 0) is 12.0 Å². The number of benzene rings is 2. The van der Waals surface area contributed by atoms with Crippen LogP contribution in [0.2, 0.25) is 0 Å². The van der Waals surface area contributed by atoms with Crippen molar-refractivity contribution < 1.29 is 0 Å². The third-order valence-corrected chi connectivity index (χ3v) is 8.45. The lowest BCUT2D eigenvalue weighted by Crippen LogP contribution is -2.24. The van der Waals surface area contributed by atoms with Gasteiger partial charge >= 0.3 is 0 Å². The molecular formula is C23H24N2O. The van der Waals surface area contributed by atoms with Gasteiger partial charge in [0, 0.05) is 22.9 Å². The maximum atomic E-state index is 13.6. The number of fused-ring (bicyclic) bond motifs is 4. The second-order valence-corrected chi connectivity index (χ2v) is 9.07. The lowest BCUT2D eigenvalue weighted by atomic mass is 9.91. The largest absolute Gasteiger partial charge is 0.281 e. The monoisotopic (exact) mass is 344 g/mol. The Morgan fingerprint density at radius 3 is 2.58 bits per heavy atom. The number of rotatable bonds is 2. The van der Waals surface area contributed by atoms with Gasteiger partial charge in [-0.05, 0) is 41.5 Å². The highest BCUT2D eigenvalue weighted by atomic mass is 16.1. The van der Waals surface area contributed by atoms with E-state index in [4.69, 9.17) is 0 Å². The van der Waals surface area contributed by atoms with E-state index in [1.807, 2.05) is 4.68 Å². The Morgan fingerprint density at radius 2 is 1.81 bits per heavy atom. The van der Waals surface area contributed by atoms with Crippen molar-refractivity contribution in [2.24, 2.45) is 10.8 Å². The summed E-state index contributed by atoms with van der Waals surface area (Å²) in [6, 6.07) is 14.6. The van der Waals surface area contributed by atoms with Gasteiger partial charge in [-0.25, -0.2) is 4.68 Å². The molecule has 2 fully saturated rings. The van der Waals surface area contributed by atoms with E-state index in [-0.39, 0.29) is 11.0 Å². The Bertz CT molecular complexity index is 1180. The van der Waals surface area contributed by atoms with Crippen molar-refractivity contribution in [3.05, 3.63) is 64.1 Å². The SMILES string of the molecule is CCn1c2c(c(=O)n1-c1cccc3ccccc13)[C@H]1CC13C(C)(C)[C@]23C. The highest BCUT2D eigenvalue weighted by Crippen LogP contribution is 2.97. The lowest BCUT2D eigenvalue weighted by Gasteiger charge is -2.20. The first-order valence-electron chi connectivity index (χ1n) is 9.76. The summed E-state index contributed by atoms with van der Waals surface area (Å²) in [7, 11) is 0. The van der Waals surface area contributed by atoms with Crippen molar-refractivity contribution in [1.82, 2.24) is 9.36 Å². The second-order valence-electron chi connectivity index (χ2n) is 9.07. The minimum atomic E-state index is 0.144. The molecule has 1 heterocycles. The normalized spacial score (nSPS) is 32.2. The molecule has 3 nitrogen and oxygen atoms in total. The van der Waals surface area contributed by atoms with Crippen LogP contribution in [-0.4, -0.2) is 9.36 Å². The van der Waals surface area contributed by atoms with E-state index in [0.29, 0.717) is 16.7 Å². The van der Waals surface area contributed by atoms with Gasteiger partial charge in [-0.2, -0.15) is 0 Å². The average molecular weight is 344 g/mol. The van der Waals surface area contributed by atoms with Crippen molar-refractivity contribution in [2.75, 3.05) is 0 Å². The first-order valence-corrected chi connectivity index (χ1v) is 9.76. The standard InChI is InChI=1S/C23H24N2O/c1-5-24-19-18(16-13-23(16)21(2,3)22(19,23)4)20(26)25(24)17-12-8-10-14-9-6-7-11-15(14)17/h6-12,16H,5,13H2,1-4H3/t16-,22+,23?/m1/s1. The van der Waals surface area contributed by atoms with Crippen molar-refractivity contribution in [1.29, 1.82) is 0 Å². The molecule has 0 amide bonds. The van der Waals surface area contributed by atoms with Gasteiger partial charge in [0.2, 0.25) is 0 Å². The molecule has 1 spiro atoms. The first-order chi connectivity index (χ1) is 12.4. The zero-order chi connectivity index (χ0) is 18.1. The molecular weight excluding hydrogens is 320 g/mol. The third-order valence-electron chi connectivity index (χ3n) is 8.45. The summed E-state index contributed by atoms with van der Waals surface area (Å²) in [6.45, 7) is 10.2. The van der Waals surface area contributed by atoms with Gasteiger partial charge < -0.3 is 0 Å². The number of nitrogens with zero attached hydrogens (tertiary/aromatic N) is 2. The highest BCUT2D eigenvalue weighted by Gasteiger charge is 2.95. The van der Waals surface area contributed by atoms with Gasteiger partial charge in [0.05, 0.1) is 11.4 Å². The van der Waals surface area contributed by atoms with Crippen LogP contribution in [0.25, 0.3) is 16.5 Å². The van der Waals surface area contributed by atoms with Gasteiger partial charge in [-0.1, -0.05) is 57.2 Å². The predicted molar refractivity (Wildman–Crippen MR) is 104 cm³/mol. The predicted octanol–water partition coefficient (Wildman–Crippen LogP) is 4.60. The summed E-state index contributed by atoms with van der Waals surface area (Å²) in [5.74, 6) is 0.471. The molecule has 6 rings (SSSR count). The molecule has 1 aromatic heterocycles. The van der Waals surface area contributed by atoms with E-state index < -0.39 is 0 Å². The van der Waals surface area contributed by atoms with Crippen molar-refractivity contribution >= 4 is 10.8 Å². The number of hydrogen-bond acceptors (Lipinski definition) is 1. The summed E-state index contributed by atoms with van der Waals surface area (Å²) < 4.78 is 4.25. The molecule has 3 atom stereocenters. The molecule has 0 N–H and O–H groups in total. The molecule has 3 aliphatic carbocycles. The zero-order valence-electron chi connectivity index (χ0n) is 15.8. The molecule has 3 aromatic rings. The Morgan fingerprint density at radius 1 is 1.08 bits per heavy atom. The van der Waals surface area contributed by atoms with E-state index in [9.17, 15) is 4.79 Å². The molecule has 0 aliphatic heterocycles. The molecule has 132 valence electrons. The molecule has 26 heavy (non-hydrogen) atoms. The lowest BCUT2D eigenvalue weighted by molar-refractivity contribution is 0.459. The van der Waals surface area contributed by atoms with Crippen LogP contribution in [0.3, 0.4) is 0 Å². The fraction of sp³-hybridized carbons (Fsp3) is 0.435. The van der Waals surface area contributed by atoms with Crippen LogP contribution in [0, 0.1) is 10.8 Å². The van der Waals surface area contributed by atoms with E-state index in [0.717, 1.165) is 23.2 Å². The maximum absolute atomic E-state index is 13.6. The summed E-state index contributed by atoms with van der Waals surface area (Å²) in [4.78, 5) is 13.6. The second kappa shape index (κ2) is 4.00. The van der Waals surface area contributed by atoms with Crippen LogP contribution >= 0.6 is 0 Å². The topological polar surface area (TPSA) is 26.9 Å². The van der Waals surface area contributed by atoms with Crippen molar-refractivity contribution in [2.45, 2.75) is 52.0 Å². The van der Waals surface area contributed by atoms with Gasteiger partial charge in [-0.3, -0.25) is 9.48 Å². The average Bonchev–Trinajstić information content (AvgIpc) is 3.38. The minimum absolute atomic E-state index is 0.144. The van der Waals surface area contributed by atoms with Crippen LogP contribution in [0.1, 0.15) is 51.3 Å². The maximum Gasteiger partial charge on any atom is 0.275 e. The first kappa shape index (κ1) is 14.8. The van der Waals surface area contributed by atoms with E-state index in [2.05, 4.69) is 74.8 Å². The van der Waals surface area contributed by atoms with Crippen LogP contribution in [0.15, 0.2) is 47.3 Å². The molecule has 0 radical (unpaired) electrons. The molecule has 0 saturated heterocycles. The zero-order valence-corrected chi connectivity index (χ0v) is 15.8. The van der Waals surface area contributed by atoms with Crippen molar-refractivity contribution in [3.63, 3.8) is 0 Å². The van der Waals surface area contributed by atoms with E-state index in [1.54, 1.807) is 0 Å². The summed E-state index contributed by atoms with van der Waals surface area (Å²) in [6.07, 6.45) is 1.20. The summed E-state index contributed by atoms with van der Waals surface area (Å²) >= 11 is 0. The Labute approximate surface area is 153 Å². The van der Waals surface area contributed by atoms with Gasteiger partial charge in [0.15, 0.2) is 0 Å². The van der Waals surface area contributed by atoms with E-state index >= 15 is 0 Å². The van der Waals surface area contributed by atoms with Gasteiger partial charge in [-0.15, -0.1) is 0 Å². The Hall–Kier alpha value is -2.29. The quantitative estimate of drug-likeness (QED) is 0.667. The molecule has 1 unspecified atom stereocenters. The Balaban J connectivity index is 1.71. The fourth-order valence-corrected chi connectivity index (χ4v) is 6.94. The van der Waals surface area contributed by atoms with Crippen LogP contribution in [0.4, 0.5) is 0 Å². The smallest absolute Gasteiger partial charge is 0.275 e. The number of hydrogen-bond donors (Lipinski definition) is 0. The Kier molecular flexibility index (Phi) is 2.28. The minimum Gasteiger partial charge on any atom is -0.281 e. The molecule has 2 saturated carbocycles. The number of aromatic nitrogens is 2. The molecule has 2 aromatic carbocycles.